The second-order valence-electron chi connectivity index (χ2n) is 14.9. The third kappa shape index (κ3) is 7.00. The Balaban J connectivity index is 0.970. The van der Waals surface area contributed by atoms with E-state index in [0.29, 0.717) is 12.3 Å². The summed E-state index contributed by atoms with van der Waals surface area (Å²) in [6.45, 7) is 0. The van der Waals surface area contributed by atoms with Crippen molar-refractivity contribution < 1.29 is 0 Å². The van der Waals surface area contributed by atoms with Gasteiger partial charge in [-0.15, -0.1) is 0 Å². The summed E-state index contributed by atoms with van der Waals surface area (Å²) in [5.74, 6) is 0.489. The van der Waals surface area contributed by atoms with Crippen LogP contribution in [0.4, 0.5) is 0 Å². The van der Waals surface area contributed by atoms with E-state index in [9.17, 15) is 0 Å². The van der Waals surface area contributed by atoms with Crippen molar-refractivity contribution in [1.29, 1.82) is 0 Å². The fraction of sp³-hybridized carbons (Fsp3) is 0.0179. The average Bonchev–Trinajstić information content (AvgIpc) is 3.65. The molecule has 10 aromatic rings. The van der Waals surface area contributed by atoms with E-state index in [-0.39, 0.29) is 0 Å². The highest BCUT2D eigenvalue weighted by Crippen LogP contribution is 2.37. The van der Waals surface area contributed by atoms with Crippen LogP contribution in [0.3, 0.4) is 0 Å². The van der Waals surface area contributed by atoms with Crippen molar-refractivity contribution in [2.24, 2.45) is 10.7 Å². The lowest BCUT2D eigenvalue weighted by Crippen LogP contribution is -2.13. The van der Waals surface area contributed by atoms with Gasteiger partial charge < -0.3 is 10.3 Å². The van der Waals surface area contributed by atoms with Crippen molar-refractivity contribution in [3.8, 4) is 39.1 Å². The highest BCUT2D eigenvalue weighted by Gasteiger charge is 2.14. The molecular weight excluding hydrogens is 715 g/mol. The van der Waals surface area contributed by atoms with Crippen molar-refractivity contribution in [1.82, 2.24) is 4.57 Å². The minimum atomic E-state index is 0.489. The Morgan fingerprint density at radius 1 is 0.424 bits per heavy atom. The number of amidine groups is 1. The summed E-state index contributed by atoms with van der Waals surface area (Å²) in [6.07, 6.45) is 2.92. The number of aromatic nitrogens is 1. The molecule has 1 aromatic heterocycles. The number of para-hydroxylation sites is 2. The highest BCUT2D eigenvalue weighted by atomic mass is 15.0. The SMILES string of the molecule is NC(=N/C(=C\Cc1ccc(-c2ccccc2)cc1)c1ccc(-c2ccc(-c3ccc(-n4c5ccccc5c5ccccc54)cc3)cc2)c2ccccc12)c1ccccc1. The van der Waals surface area contributed by atoms with Gasteiger partial charge in [0.05, 0.1) is 16.7 Å². The van der Waals surface area contributed by atoms with Gasteiger partial charge in [-0.25, -0.2) is 4.99 Å². The molecule has 1 heterocycles. The van der Waals surface area contributed by atoms with E-state index in [4.69, 9.17) is 10.7 Å². The molecule has 0 unspecified atom stereocenters. The van der Waals surface area contributed by atoms with E-state index >= 15 is 0 Å². The van der Waals surface area contributed by atoms with E-state index in [1.54, 1.807) is 0 Å². The molecule has 9 aromatic carbocycles. The van der Waals surface area contributed by atoms with Crippen LogP contribution in [0, 0.1) is 0 Å². The van der Waals surface area contributed by atoms with Gasteiger partial charge in [-0.1, -0.05) is 200 Å². The van der Waals surface area contributed by atoms with E-state index in [2.05, 4.69) is 193 Å². The van der Waals surface area contributed by atoms with E-state index < -0.39 is 0 Å². The minimum absolute atomic E-state index is 0.489. The van der Waals surface area contributed by atoms with Crippen LogP contribution in [0.25, 0.3) is 77.3 Å². The topological polar surface area (TPSA) is 43.3 Å². The summed E-state index contributed by atoms with van der Waals surface area (Å²) >= 11 is 0. The summed E-state index contributed by atoms with van der Waals surface area (Å²) in [6, 6.07) is 77.4. The van der Waals surface area contributed by atoms with Crippen LogP contribution < -0.4 is 5.73 Å². The van der Waals surface area contributed by atoms with E-state index in [1.807, 2.05) is 36.4 Å². The maximum Gasteiger partial charge on any atom is 0.131 e. The number of nitrogens with zero attached hydrogens (tertiary/aromatic N) is 2. The zero-order chi connectivity index (χ0) is 39.5. The Morgan fingerprint density at radius 3 is 1.53 bits per heavy atom. The molecular formula is C56H41N3. The standard InChI is InChI=1S/C56H41N3/c57-56(45-15-5-2-6-16-45)58-53(38-25-39-23-26-41(27-24-39)40-13-3-1-4-14-40)50-37-36-47(48-17-7-8-18-49(48)50)44-30-28-42(29-31-44)43-32-34-46(35-33-43)59-54-21-11-9-19-51(54)52-20-10-12-22-55(52)59/h1-24,26-38H,25H2,(H2,57,58)/b53-38-. The second-order valence-corrected chi connectivity index (χ2v) is 14.9. The Morgan fingerprint density at radius 2 is 0.898 bits per heavy atom. The van der Waals surface area contributed by atoms with Crippen LogP contribution >= 0.6 is 0 Å². The van der Waals surface area contributed by atoms with Gasteiger partial charge in [0.2, 0.25) is 0 Å². The molecule has 0 saturated heterocycles. The first-order valence-electron chi connectivity index (χ1n) is 20.1. The summed E-state index contributed by atoms with van der Waals surface area (Å²) in [7, 11) is 0. The first kappa shape index (κ1) is 35.6. The molecule has 59 heavy (non-hydrogen) atoms. The quantitative estimate of drug-likeness (QED) is 0.116. The predicted molar refractivity (Wildman–Crippen MR) is 250 cm³/mol. The largest absolute Gasteiger partial charge is 0.383 e. The molecule has 3 nitrogen and oxygen atoms in total. The number of hydrogen-bond donors (Lipinski definition) is 1. The Kier molecular flexibility index (Phi) is 9.46. The van der Waals surface area contributed by atoms with Crippen molar-refractivity contribution in [2.45, 2.75) is 6.42 Å². The first-order chi connectivity index (χ1) is 29.2. The van der Waals surface area contributed by atoms with Gasteiger partial charge in [0.15, 0.2) is 0 Å². The van der Waals surface area contributed by atoms with Gasteiger partial charge in [0.1, 0.15) is 5.84 Å². The monoisotopic (exact) mass is 755 g/mol. The predicted octanol–water partition coefficient (Wildman–Crippen LogP) is 13.9. The average molecular weight is 756 g/mol. The van der Waals surface area contributed by atoms with Crippen molar-refractivity contribution >= 4 is 44.1 Å². The molecule has 0 saturated carbocycles. The van der Waals surface area contributed by atoms with Gasteiger partial charge >= 0.3 is 0 Å². The zero-order valence-electron chi connectivity index (χ0n) is 32.5. The fourth-order valence-electron chi connectivity index (χ4n) is 8.32. The normalized spacial score (nSPS) is 12.1. The number of rotatable bonds is 9. The van der Waals surface area contributed by atoms with Crippen LogP contribution in [-0.2, 0) is 6.42 Å². The molecule has 0 aliphatic carbocycles. The van der Waals surface area contributed by atoms with Crippen LogP contribution in [-0.4, -0.2) is 10.4 Å². The summed E-state index contributed by atoms with van der Waals surface area (Å²) in [4.78, 5) is 5.10. The molecule has 0 aliphatic rings. The maximum absolute atomic E-state index is 6.70. The highest BCUT2D eigenvalue weighted by molar-refractivity contribution is 6.09. The summed E-state index contributed by atoms with van der Waals surface area (Å²) < 4.78 is 2.36. The Hall–Kier alpha value is -7.75. The van der Waals surface area contributed by atoms with Gasteiger partial charge in [-0.3, -0.25) is 0 Å². The minimum Gasteiger partial charge on any atom is -0.383 e. The van der Waals surface area contributed by atoms with Crippen LogP contribution in [0.1, 0.15) is 16.7 Å². The molecule has 0 amide bonds. The van der Waals surface area contributed by atoms with E-state index in [0.717, 1.165) is 33.5 Å². The summed E-state index contributed by atoms with van der Waals surface area (Å²) in [5, 5.41) is 4.83. The molecule has 2 N–H and O–H groups in total. The zero-order valence-corrected chi connectivity index (χ0v) is 32.5. The lowest BCUT2D eigenvalue weighted by molar-refractivity contribution is 1.18. The Bertz CT molecular complexity index is 3080. The van der Waals surface area contributed by atoms with E-state index in [1.165, 1.54) is 60.6 Å². The molecule has 0 aliphatic heterocycles. The van der Waals surface area contributed by atoms with Crippen LogP contribution in [0.5, 0.6) is 0 Å². The molecule has 0 bridgehead atoms. The van der Waals surface area contributed by atoms with Gasteiger partial charge in [0, 0.05) is 27.6 Å². The fourth-order valence-corrected chi connectivity index (χ4v) is 8.32. The first-order valence-corrected chi connectivity index (χ1v) is 20.1. The smallest absolute Gasteiger partial charge is 0.131 e. The van der Waals surface area contributed by atoms with Crippen LogP contribution in [0.15, 0.2) is 229 Å². The van der Waals surface area contributed by atoms with Crippen molar-refractivity contribution in [3.05, 3.63) is 241 Å². The molecule has 3 heteroatoms. The third-order valence-corrected chi connectivity index (χ3v) is 11.3. The molecule has 0 spiro atoms. The van der Waals surface area contributed by atoms with Crippen molar-refractivity contribution in [3.63, 3.8) is 0 Å². The number of nitrogens with two attached hydrogens (primary N) is 1. The van der Waals surface area contributed by atoms with Gasteiger partial charge in [0.25, 0.3) is 0 Å². The molecule has 10 rings (SSSR count). The number of hydrogen-bond acceptors (Lipinski definition) is 1. The maximum atomic E-state index is 6.70. The van der Waals surface area contributed by atoms with Gasteiger partial charge in [-0.2, -0.15) is 0 Å². The summed E-state index contributed by atoms with van der Waals surface area (Å²) in [5.41, 5.74) is 21.4. The lowest BCUT2D eigenvalue weighted by atomic mass is 9.92. The molecule has 0 radical (unpaired) electrons. The third-order valence-electron chi connectivity index (χ3n) is 11.3. The Labute approximate surface area is 344 Å². The number of allylic oxidation sites excluding steroid dienone is 1. The van der Waals surface area contributed by atoms with Gasteiger partial charge in [-0.05, 0) is 80.4 Å². The molecule has 0 atom stereocenters. The van der Waals surface area contributed by atoms with Crippen molar-refractivity contribution in [2.75, 3.05) is 0 Å². The molecule has 0 fully saturated rings. The number of aliphatic imine (C=N–C) groups is 1. The van der Waals surface area contributed by atoms with Crippen LogP contribution in [0.2, 0.25) is 0 Å². The lowest BCUT2D eigenvalue weighted by Gasteiger charge is -2.14. The molecule has 280 valence electrons. The second kappa shape index (κ2) is 15.7. The number of fused-ring (bicyclic) bond motifs is 4. The number of benzene rings is 9.